The van der Waals surface area contributed by atoms with Crippen LogP contribution in [0.25, 0.3) is 20.2 Å². The fourth-order valence-corrected chi connectivity index (χ4v) is 3.49. The summed E-state index contributed by atoms with van der Waals surface area (Å²) in [5.74, 6) is 0. The first-order valence-electron chi connectivity index (χ1n) is 7.75. The Morgan fingerprint density at radius 3 is 2.61 bits per heavy atom. The van der Waals surface area contributed by atoms with Crippen LogP contribution < -0.4 is 5.43 Å². The Hall–Kier alpha value is -1.75. The van der Waals surface area contributed by atoms with Gasteiger partial charge < -0.3 is 9.64 Å². The Balaban J connectivity index is 1.88. The molecule has 0 saturated heterocycles. The zero-order chi connectivity index (χ0) is 16.4. The molecular formula is C19H21NO2S. The van der Waals surface area contributed by atoms with Crippen LogP contribution >= 0.6 is 11.3 Å². The van der Waals surface area contributed by atoms with Crippen LogP contribution in [-0.4, -0.2) is 31.6 Å². The Labute approximate surface area is 140 Å². The Bertz CT molecular complexity index is 885. The van der Waals surface area contributed by atoms with Gasteiger partial charge in [0.1, 0.15) is 0 Å². The van der Waals surface area contributed by atoms with Gasteiger partial charge in [-0.1, -0.05) is 18.2 Å². The van der Waals surface area contributed by atoms with E-state index in [1.54, 1.807) is 11.3 Å². The van der Waals surface area contributed by atoms with Crippen LogP contribution in [0.15, 0.2) is 47.3 Å². The summed E-state index contributed by atoms with van der Waals surface area (Å²) in [4.78, 5) is 14.8. The monoisotopic (exact) mass is 327 g/mol. The number of benzene rings is 2. The van der Waals surface area contributed by atoms with Crippen molar-refractivity contribution >= 4 is 31.5 Å². The first-order chi connectivity index (χ1) is 11.1. The average Bonchev–Trinajstić information content (AvgIpc) is 2.55. The largest absolute Gasteiger partial charge is 0.375 e. The van der Waals surface area contributed by atoms with E-state index in [0.29, 0.717) is 19.3 Å². The van der Waals surface area contributed by atoms with Crippen LogP contribution in [0.4, 0.5) is 0 Å². The topological polar surface area (TPSA) is 29.5 Å². The van der Waals surface area contributed by atoms with Gasteiger partial charge in [-0.05, 0) is 50.8 Å². The minimum atomic E-state index is 0.109. The second-order valence-corrected chi connectivity index (χ2v) is 7.17. The van der Waals surface area contributed by atoms with Crippen LogP contribution in [0.1, 0.15) is 12.5 Å². The summed E-state index contributed by atoms with van der Waals surface area (Å²) in [6.07, 6.45) is 0. The summed E-state index contributed by atoms with van der Waals surface area (Å²) in [6.45, 7) is 3.34. The van der Waals surface area contributed by atoms with E-state index in [2.05, 4.69) is 11.8 Å². The van der Waals surface area contributed by atoms with Gasteiger partial charge in [-0.3, -0.25) is 4.79 Å². The van der Waals surface area contributed by atoms with Gasteiger partial charge in [0, 0.05) is 26.2 Å². The van der Waals surface area contributed by atoms with Gasteiger partial charge in [-0.25, -0.2) is 0 Å². The maximum absolute atomic E-state index is 12.7. The first kappa shape index (κ1) is 16.1. The second-order valence-electron chi connectivity index (χ2n) is 6.09. The van der Waals surface area contributed by atoms with Crippen LogP contribution in [-0.2, 0) is 11.3 Å². The van der Waals surface area contributed by atoms with Gasteiger partial charge >= 0.3 is 0 Å². The van der Waals surface area contributed by atoms with Crippen molar-refractivity contribution < 1.29 is 4.74 Å². The lowest BCUT2D eigenvalue weighted by molar-refractivity contribution is 0.0751. The van der Waals surface area contributed by atoms with Gasteiger partial charge in [0.2, 0.25) is 0 Å². The van der Waals surface area contributed by atoms with Crippen molar-refractivity contribution in [3.63, 3.8) is 0 Å². The van der Waals surface area contributed by atoms with Gasteiger partial charge in [0.25, 0.3) is 0 Å². The van der Waals surface area contributed by atoms with E-state index < -0.39 is 0 Å². The average molecular weight is 327 g/mol. The highest BCUT2D eigenvalue weighted by Crippen LogP contribution is 2.25. The van der Waals surface area contributed by atoms with Crippen LogP contribution in [0.2, 0.25) is 0 Å². The van der Waals surface area contributed by atoms with E-state index in [4.69, 9.17) is 4.74 Å². The zero-order valence-corrected chi connectivity index (χ0v) is 14.5. The normalized spacial score (nSPS) is 13.0. The summed E-state index contributed by atoms with van der Waals surface area (Å²) < 4.78 is 7.84. The molecule has 2 aromatic carbocycles. The van der Waals surface area contributed by atoms with Gasteiger partial charge in [-0.2, -0.15) is 0 Å². The van der Waals surface area contributed by atoms with E-state index in [1.165, 1.54) is 0 Å². The van der Waals surface area contributed by atoms with E-state index in [9.17, 15) is 4.79 Å². The fourth-order valence-electron chi connectivity index (χ4n) is 2.44. The molecular weight excluding hydrogens is 306 g/mol. The van der Waals surface area contributed by atoms with Crippen LogP contribution in [0, 0.1) is 0 Å². The summed E-state index contributed by atoms with van der Waals surface area (Å²) in [6, 6.07) is 14.2. The number of nitrogens with zero attached hydrogens (tertiary/aromatic N) is 1. The maximum atomic E-state index is 12.7. The lowest BCUT2D eigenvalue weighted by Gasteiger charge is -2.19. The van der Waals surface area contributed by atoms with Gasteiger partial charge in [0.05, 0.1) is 13.2 Å². The molecule has 0 saturated carbocycles. The van der Waals surface area contributed by atoms with E-state index in [0.717, 1.165) is 25.7 Å². The molecule has 0 fully saturated rings. The molecule has 1 heterocycles. The minimum Gasteiger partial charge on any atom is -0.375 e. The Kier molecular flexibility index (Phi) is 4.76. The van der Waals surface area contributed by atoms with Gasteiger partial charge in [0.15, 0.2) is 5.43 Å². The Morgan fingerprint density at radius 1 is 1.09 bits per heavy atom. The highest BCUT2D eigenvalue weighted by molar-refractivity contribution is 7.24. The molecule has 0 aliphatic carbocycles. The molecule has 0 radical (unpaired) electrons. The predicted octanol–water partition coefficient (Wildman–Crippen LogP) is 3.88. The lowest BCUT2D eigenvalue weighted by atomic mass is 10.1. The van der Waals surface area contributed by atoms with Crippen molar-refractivity contribution in [1.82, 2.24) is 4.90 Å². The molecule has 0 spiro atoms. The summed E-state index contributed by atoms with van der Waals surface area (Å²) >= 11 is 1.66. The minimum absolute atomic E-state index is 0.109. The maximum Gasteiger partial charge on any atom is 0.195 e. The van der Waals surface area contributed by atoms with Crippen molar-refractivity contribution in [3.8, 4) is 0 Å². The second kappa shape index (κ2) is 6.79. The van der Waals surface area contributed by atoms with Crippen LogP contribution in [0.3, 0.4) is 0 Å². The third-order valence-corrected chi connectivity index (χ3v) is 5.30. The van der Waals surface area contributed by atoms with Crippen molar-refractivity contribution in [2.75, 3.05) is 20.7 Å². The number of ether oxygens (including phenoxy) is 1. The first-order valence-corrected chi connectivity index (χ1v) is 8.56. The smallest absolute Gasteiger partial charge is 0.195 e. The van der Waals surface area contributed by atoms with Crippen molar-refractivity contribution in [2.45, 2.75) is 19.6 Å². The number of hydrogen-bond donors (Lipinski definition) is 0. The molecule has 23 heavy (non-hydrogen) atoms. The molecule has 1 atom stereocenters. The molecule has 0 amide bonds. The van der Waals surface area contributed by atoms with E-state index in [-0.39, 0.29) is 5.43 Å². The zero-order valence-electron chi connectivity index (χ0n) is 13.7. The molecule has 1 aromatic heterocycles. The van der Waals surface area contributed by atoms with Crippen molar-refractivity contribution in [1.29, 1.82) is 0 Å². The highest BCUT2D eigenvalue weighted by Gasteiger charge is 2.08. The lowest BCUT2D eigenvalue weighted by Crippen LogP contribution is -2.29. The molecule has 1 unspecified atom stereocenters. The standard InChI is InChI=1S/C19H21NO2S/c1-13(20(2)3)11-22-12-14-8-9-18-16(10-14)19(21)15-6-4-5-7-17(15)23-18/h4-10,13H,11-12H2,1-3H3. The SMILES string of the molecule is CC(COCc1ccc2sc3ccccc3c(=O)c2c1)N(C)C. The quantitative estimate of drug-likeness (QED) is 0.666. The third kappa shape index (κ3) is 3.44. The van der Waals surface area contributed by atoms with Gasteiger partial charge in [-0.15, -0.1) is 11.3 Å². The Morgan fingerprint density at radius 2 is 1.83 bits per heavy atom. The number of rotatable bonds is 5. The van der Waals surface area contributed by atoms with Crippen LogP contribution in [0.5, 0.6) is 0 Å². The molecule has 0 N–H and O–H groups in total. The molecule has 3 aromatic rings. The molecule has 0 aliphatic rings. The molecule has 4 heteroatoms. The molecule has 0 bridgehead atoms. The van der Waals surface area contributed by atoms with Crippen molar-refractivity contribution in [2.24, 2.45) is 0 Å². The summed E-state index contributed by atoms with van der Waals surface area (Å²) in [5.41, 5.74) is 1.15. The summed E-state index contributed by atoms with van der Waals surface area (Å²) in [7, 11) is 4.08. The third-order valence-electron chi connectivity index (χ3n) is 4.15. The molecule has 0 aliphatic heterocycles. The van der Waals surface area contributed by atoms with E-state index >= 15 is 0 Å². The fraction of sp³-hybridized carbons (Fsp3) is 0.316. The predicted molar refractivity (Wildman–Crippen MR) is 98.4 cm³/mol. The highest BCUT2D eigenvalue weighted by atomic mass is 32.1. The number of hydrogen-bond acceptors (Lipinski definition) is 4. The van der Waals surface area contributed by atoms with E-state index in [1.807, 2.05) is 56.6 Å². The molecule has 3 nitrogen and oxygen atoms in total. The number of fused-ring (bicyclic) bond motifs is 2. The summed E-state index contributed by atoms with van der Waals surface area (Å²) in [5, 5.41) is 1.58. The molecule has 3 rings (SSSR count). The molecule has 120 valence electrons. The number of likely N-dealkylation sites (N-methyl/N-ethyl adjacent to an activating group) is 1. The van der Waals surface area contributed by atoms with Crippen molar-refractivity contribution in [3.05, 3.63) is 58.3 Å².